The van der Waals surface area contributed by atoms with Gasteiger partial charge in [-0.15, -0.1) is 0 Å². The van der Waals surface area contributed by atoms with Crippen LogP contribution in [0.5, 0.6) is 11.5 Å². The molecular weight excluding hydrogens is 452 g/mol. The highest BCUT2D eigenvalue weighted by Crippen LogP contribution is 2.34. The Kier molecular flexibility index (Phi) is 6.42. The molecule has 3 aromatic rings. The van der Waals surface area contributed by atoms with E-state index in [4.69, 9.17) is 19.6 Å². The molecule has 0 spiro atoms. The Hall–Kier alpha value is -4.02. The highest BCUT2D eigenvalue weighted by molar-refractivity contribution is 5.94. The third kappa shape index (κ3) is 4.93. The van der Waals surface area contributed by atoms with Gasteiger partial charge in [-0.2, -0.15) is 4.98 Å². The van der Waals surface area contributed by atoms with Crippen molar-refractivity contribution in [1.29, 1.82) is 0 Å². The molecule has 3 heterocycles. The second kappa shape index (κ2) is 9.32. The van der Waals surface area contributed by atoms with Crippen molar-refractivity contribution in [1.82, 2.24) is 20.2 Å². The Balaban J connectivity index is 1.72. The molecule has 3 N–H and O–H groups in total. The lowest BCUT2D eigenvalue weighted by Gasteiger charge is -2.41. The molecule has 1 aliphatic heterocycles. The van der Waals surface area contributed by atoms with Crippen LogP contribution < -0.4 is 25.4 Å². The van der Waals surface area contributed by atoms with Gasteiger partial charge in [0, 0.05) is 30.1 Å². The second-order valence-corrected chi connectivity index (χ2v) is 9.31. The van der Waals surface area contributed by atoms with Crippen LogP contribution in [0, 0.1) is 0 Å². The highest BCUT2D eigenvalue weighted by Gasteiger charge is 2.38. The summed E-state index contributed by atoms with van der Waals surface area (Å²) in [6.07, 6.45) is 1.45. The van der Waals surface area contributed by atoms with Gasteiger partial charge in [0.2, 0.25) is 11.9 Å². The predicted molar refractivity (Wildman–Crippen MR) is 131 cm³/mol. The van der Waals surface area contributed by atoms with E-state index in [1.165, 1.54) is 20.5 Å². The number of carbonyl (C=O) groups is 2. The summed E-state index contributed by atoms with van der Waals surface area (Å²) in [6.45, 7) is 6.50. The quantitative estimate of drug-likeness (QED) is 0.560. The summed E-state index contributed by atoms with van der Waals surface area (Å²) < 4.78 is 16.0. The van der Waals surface area contributed by atoms with Crippen LogP contribution in [0.25, 0.3) is 10.9 Å². The zero-order valence-electron chi connectivity index (χ0n) is 20.5. The Morgan fingerprint density at radius 2 is 1.86 bits per heavy atom. The highest BCUT2D eigenvalue weighted by atomic mass is 16.5. The van der Waals surface area contributed by atoms with Gasteiger partial charge in [0.05, 0.1) is 32.5 Å². The minimum atomic E-state index is -0.737. The summed E-state index contributed by atoms with van der Waals surface area (Å²) in [4.78, 5) is 38.8. The Morgan fingerprint density at radius 1 is 1.14 bits per heavy atom. The monoisotopic (exact) mass is 482 g/mol. The minimum absolute atomic E-state index is 0.134. The number of carbonyl (C=O) groups excluding carboxylic acids is 2. The van der Waals surface area contributed by atoms with Crippen LogP contribution in [0.1, 0.15) is 31.3 Å². The second-order valence-electron chi connectivity index (χ2n) is 9.31. The Labute approximate surface area is 203 Å². The van der Waals surface area contributed by atoms with Gasteiger partial charge in [0.25, 0.3) is 5.91 Å². The van der Waals surface area contributed by atoms with Crippen molar-refractivity contribution >= 4 is 34.5 Å². The van der Waals surface area contributed by atoms with Gasteiger partial charge in [-0.1, -0.05) is 0 Å². The number of rotatable bonds is 5. The van der Waals surface area contributed by atoms with Crippen molar-refractivity contribution in [3.8, 4) is 11.5 Å². The van der Waals surface area contributed by atoms with Crippen molar-refractivity contribution in [2.45, 2.75) is 32.4 Å². The lowest BCUT2D eigenvalue weighted by atomic mass is 10.1. The number of ether oxygens (including phenoxy) is 2. The number of hydrogen-bond acceptors (Lipinski definition) is 9. The first kappa shape index (κ1) is 24.1. The molecule has 0 saturated carbocycles. The number of aromatic nitrogens is 2. The van der Waals surface area contributed by atoms with Crippen LogP contribution in [0.4, 0.5) is 11.8 Å². The van der Waals surface area contributed by atoms with E-state index in [-0.39, 0.29) is 29.9 Å². The van der Waals surface area contributed by atoms with Crippen LogP contribution in [0.15, 0.2) is 34.9 Å². The maximum absolute atomic E-state index is 13.3. The van der Waals surface area contributed by atoms with E-state index in [9.17, 15) is 9.59 Å². The zero-order chi connectivity index (χ0) is 25.3. The van der Waals surface area contributed by atoms with Crippen LogP contribution in [0.3, 0.4) is 0 Å². The van der Waals surface area contributed by atoms with E-state index in [1.807, 2.05) is 20.8 Å². The standard InChI is InChI=1S/C24H30N6O5/c1-24(2,3)28-21(31)16-13-29(22(32)17-7-6-10-35-17)8-9-30(16)23-26-15-12-19(34-5)18(33-4)11-14(15)20(25)27-23/h6-7,10-12,16H,8-9,13H2,1-5H3,(H,28,31)(H2,25,26,27)/t16-/m0/s1. The normalized spacial score (nSPS) is 16.3. The molecule has 1 fully saturated rings. The van der Waals surface area contributed by atoms with Crippen molar-refractivity contribution < 1.29 is 23.5 Å². The van der Waals surface area contributed by atoms with Gasteiger partial charge in [-0.25, -0.2) is 4.98 Å². The molecule has 2 amide bonds. The van der Waals surface area contributed by atoms with E-state index in [0.717, 1.165) is 0 Å². The number of furan rings is 1. The van der Waals surface area contributed by atoms with E-state index < -0.39 is 11.6 Å². The number of nitrogens with two attached hydrogens (primary N) is 1. The van der Waals surface area contributed by atoms with Crippen LogP contribution in [-0.4, -0.2) is 72.1 Å². The largest absolute Gasteiger partial charge is 0.493 e. The summed E-state index contributed by atoms with van der Waals surface area (Å²) in [5.74, 6) is 1.25. The van der Waals surface area contributed by atoms with Crippen LogP contribution >= 0.6 is 0 Å². The summed E-state index contributed by atoms with van der Waals surface area (Å²) in [6, 6.07) is 5.96. The molecular formula is C24H30N6O5. The summed E-state index contributed by atoms with van der Waals surface area (Å²) in [5, 5.41) is 3.61. The number of fused-ring (bicyclic) bond motifs is 1. The third-order valence-electron chi connectivity index (χ3n) is 5.68. The predicted octanol–water partition coefficient (Wildman–Crippen LogP) is 2.07. The number of piperazine rings is 1. The minimum Gasteiger partial charge on any atom is -0.493 e. The molecule has 35 heavy (non-hydrogen) atoms. The fraction of sp³-hybridized carbons (Fsp3) is 0.417. The van der Waals surface area contributed by atoms with Gasteiger partial charge in [-0.3, -0.25) is 9.59 Å². The molecule has 1 aromatic carbocycles. The molecule has 0 aliphatic carbocycles. The van der Waals surface area contributed by atoms with Gasteiger partial charge >= 0.3 is 0 Å². The number of amides is 2. The van der Waals surface area contributed by atoms with E-state index >= 15 is 0 Å². The maximum Gasteiger partial charge on any atom is 0.289 e. The number of nitrogens with zero attached hydrogens (tertiary/aromatic N) is 4. The number of nitrogen functional groups attached to an aromatic ring is 1. The third-order valence-corrected chi connectivity index (χ3v) is 5.68. The number of nitrogens with one attached hydrogen (secondary N) is 1. The first-order valence-corrected chi connectivity index (χ1v) is 11.2. The molecule has 1 atom stereocenters. The molecule has 11 nitrogen and oxygen atoms in total. The number of benzene rings is 1. The zero-order valence-corrected chi connectivity index (χ0v) is 20.5. The van der Waals surface area contributed by atoms with Gasteiger partial charge < -0.3 is 34.7 Å². The van der Waals surface area contributed by atoms with Crippen molar-refractivity contribution in [2.24, 2.45) is 0 Å². The molecule has 1 aliphatic rings. The van der Waals surface area contributed by atoms with E-state index in [1.54, 1.807) is 34.1 Å². The van der Waals surface area contributed by atoms with Crippen LogP contribution in [0.2, 0.25) is 0 Å². The van der Waals surface area contributed by atoms with Gasteiger partial charge in [-0.05, 0) is 39.0 Å². The lowest BCUT2D eigenvalue weighted by Crippen LogP contribution is -2.62. The average molecular weight is 483 g/mol. The van der Waals surface area contributed by atoms with Crippen molar-refractivity contribution in [3.63, 3.8) is 0 Å². The maximum atomic E-state index is 13.3. The van der Waals surface area contributed by atoms with Crippen LogP contribution in [-0.2, 0) is 4.79 Å². The SMILES string of the molecule is COc1cc2nc(N3CCN(C(=O)c4ccco4)C[C@H]3C(=O)NC(C)(C)C)nc(N)c2cc1OC. The molecule has 0 radical (unpaired) electrons. The van der Waals surface area contributed by atoms with E-state index in [2.05, 4.69) is 15.3 Å². The van der Waals surface area contributed by atoms with E-state index in [0.29, 0.717) is 41.4 Å². The molecule has 1 saturated heterocycles. The number of hydrogen-bond donors (Lipinski definition) is 2. The van der Waals surface area contributed by atoms with Crippen molar-refractivity contribution in [2.75, 3.05) is 44.5 Å². The molecule has 0 bridgehead atoms. The Morgan fingerprint density at radius 3 is 2.49 bits per heavy atom. The smallest absolute Gasteiger partial charge is 0.289 e. The number of anilines is 2. The summed E-state index contributed by atoms with van der Waals surface area (Å²) in [5.41, 5.74) is 6.37. The summed E-state index contributed by atoms with van der Waals surface area (Å²) in [7, 11) is 3.08. The van der Waals surface area contributed by atoms with Gasteiger partial charge in [0.1, 0.15) is 11.9 Å². The topological polar surface area (TPSA) is 136 Å². The number of methoxy groups -OCH3 is 2. The fourth-order valence-electron chi connectivity index (χ4n) is 4.04. The molecule has 11 heteroatoms. The van der Waals surface area contributed by atoms with Gasteiger partial charge in [0.15, 0.2) is 17.3 Å². The molecule has 4 rings (SSSR count). The first-order chi connectivity index (χ1) is 16.6. The lowest BCUT2D eigenvalue weighted by molar-refractivity contribution is -0.124. The fourth-order valence-corrected chi connectivity index (χ4v) is 4.04. The Bertz CT molecular complexity index is 1240. The van der Waals surface area contributed by atoms with Crippen molar-refractivity contribution in [3.05, 3.63) is 36.3 Å². The molecule has 2 aromatic heterocycles. The summed E-state index contributed by atoms with van der Waals surface area (Å²) >= 11 is 0. The molecule has 186 valence electrons. The first-order valence-electron chi connectivity index (χ1n) is 11.2. The molecule has 0 unspecified atom stereocenters. The average Bonchev–Trinajstić information content (AvgIpc) is 3.36.